The van der Waals surface area contributed by atoms with Crippen LogP contribution in [0.5, 0.6) is 0 Å². The van der Waals surface area contributed by atoms with Gasteiger partial charge in [-0.3, -0.25) is 4.90 Å². The molecule has 1 aromatic rings. The van der Waals surface area contributed by atoms with E-state index in [0.717, 1.165) is 56.0 Å². The number of furan rings is 1. The Morgan fingerprint density at radius 3 is 2.67 bits per heavy atom. The summed E-state index contributed by atoms with van der Waals surface area (Å²) >= 11 is 0. The molecule has 3 atom stereocenters. The van der Waals surface area contributed by atoms with Crippen molar-refractivity contribution < 1.29 is 9.15 Å². The van der Waals surface area contributed by atoms with Gasteiger partial charge >= 0.3 is 0 Å². The quantitative estimate of drug-likeness (QED) is 0.876. The van der Waals surface area contributed by atoms with Crippen molar-refractivity contribution in [3.05, 3.63) is 23.7 Å². The molecule has 1 saturated heterocycles. The smallest absolute Gasteiger partial charge is 0.122 e. The zero-order chi connectivity index (χ0) is 14.8. The Balaban J connectivity index is 1.61. The van der Waals surface area contributed by atoms with E-state index in [4.69, 9.17) is 14.9 Å². The number of nitrogens with two attached hydrogens (primary N) is 1. The second kappa shape index (κ2) is 6.51. The molecule has 2 N–H and O–H groups in total. The number of rotatable bonds is 6. The molecule has 3 rings (SSSR count). The predicted octanol–water partition coefficient (Wildman–Crippen LogP) is 2.76. The molecule has 118 valence electrons. The summed E-state index contributed by atoms with van der Waals surface area (Å²) in [5.41, 5.74) is 6.01. The van der Waals surface area contributed by atoms with E-state index in [1.54, 1.807) is 0 Å². The van der Waals surface area contributed by atoms with Gasteiger partial charge in [0.1, 0.15) is 11.5 Å². The maximum absolute atomic E-state index is 6.09. The summed E-state index contributed by atoms with van der Waals surface area (Å²) in [6.07, 6.45) is 3.58. The van der Waals surface area contributed by atoms with Gasteiger partial charge in [0, 0.05) is 32.2 Å². The Kier molecular flexibility index (Phi) is 4.67. The van der Waals surface area contributed by atoms with E-state index >= 15 is 0 Å². The summed E-state index contributed by atoms with van der Waals surface area (Å²) < 4.78 is 11.5. The fourth-order valence-electron chi connectivity index (χ4n) is 3.44. The molecule has 4 heteroatoms. The highest BCUT2D eigenvalue weighted by Crippen LogP contribution is 2.47. The molecule has 0 amide bonds. The molecule has 2 heterocycles. The van der Waals surface area contributed by atoms with E-state index in [0.29, 0.717) is 12.5 Å². The maximum atomic E-state index is 6.09. The van der Waals surface area contributed by atoms with E-state index in [1.807, 2.05) is 0 Å². The maximum Gasteiger partial charge on any atom is 0.122 e. The summed E-state index contributed by atoms with van der Waals surface area (Å²) in [4.78, 5) is 2.36. The van der Waals surface area contributed by atoms with E-state index < -0.39 is 0 Å². The van der Waals surface area contributed by atoms with E-state index in [9.17, 15) is 0 Å². The van der Waals surface area contributed by atoms with Crippen LogP contribution in [0.2, 0.25) is 0 Å². The Labute approximate surface area is 127 Å². The minimum atomic E-state index is 0.190. The lowest BCUT2D eigenvalue weighted by atomic mass is 9.99. The van der Waals surface area contributed by atoms with Crippen LogP contribution in [0.3, 0.4) is 0 Å². The monoisotopic (exact) mass is 292 g/mol. The van der Waals surface area contributed by atoms with Crippen LogP contribution in [0.1, 0.15) is 49.7 Å². The van der Waals surface area contributed by atoms with Crippen molar-refractivity contribution in [3.8, 4) is 0 Å². The van der Waals surface area contributed by atoms with Crippen molar-refractivity contribution >= 4 is 0 Å². The minimum absolute atomic E-state index is 0.190. The summed E-state index contributed by atoms with van der Waals surface area (Å²) in [6.45, 7) is 5.76. The molecule has 2 aliphatic rings. The van der Waals surface area contributed by atoms with Crippen LogP contribution in [0.4, 0.5) is 0 Å². The molecule has 1 aliphatic heterocycles. The first-order valence-corrected chi connectivity index (χ1v) is 8.26. The Morgan fingerprint density at radius 2 is 2.05 bits per heavy atom. The van der Waals surface area contributed by atoms with Gasteiger partial charge in [0.15, 0.2) is 0 Å². The van der Waals surface area contributed by atoms with Crippen LogP contribution in [0.25, 0.3) is 0 Å². The number of ether oxygens (including phenoxy) is 1. The second-order valence-electron chi connectivity index (χ2n) is 6.81. The van der Waals surface area contributed by atoms with E-state index in [1.165, 1.54) is 6.42 Å². The van der Waals surface area contributed by atoms with Crippen LogP contribution in [0.15, 0.2) is 16.5 Å². The molecule has 1 aliphatic carbocycles. The number of likely N-dealkylation sites (N-methyl/N-ethyl adjacent to an activating group) is 1. The van der Waals surface area contributed by atoms with Crippen LogP contribution in [-0.4, -0.2) is 38.3 Å². The minimum Gasteiger partial charge on any atom is -0.464 e. The Morgan fingerprint density at radius 1 is 1.33 bits per heavy atom. The predicted molar refractivity (Wildman–Crippen MR) is 83.2 cm³/mol. The summed E-state index contributed by atoms with van der Waals surface area (Å²) in [6, 6.07) is 4.46. The molecular weight excluding hydrogens is 264 g/mol. The van der Waals surface area contributed by atoms with Gasteiger partial charge in [-0.15, -0.1) is 0 Å². The number of nitrogens with zero attached hydrogens (tertiary/aromatic N) is 1. The third-order valence-corrected chi connectivity index (χ3v) is 5.09. The van der Waals surface area contributed by atoms with Crippen molar-refractivity contribution in [2.75, 3.05) is 33.4 Å². The standard InChI is InChI=1S/C17H28N2O2/c1-12-9-14(12)16-3-4-17(21-16)15(10-18)19(2)11-13-5-7-20-8-6-13/h3-4,12-15H,5-11,18H2,1-2H3. The fourth-order valence-corrected chi connectivity index (χ4v) is 3.44. The van der Waals surface area contributed by atoms with Crippen LogP contribution in [-0.2, 0) is 4.74 Å². The highest BCUT2D eigenvalue weighted by atomic mass is 16.5. The van der Waals surface area contributed by atoms with Gasteiger partial charge in [0.2, 0.25) is 0 Å². The fraction of sp³-hybridized carbons (Fsp3) is 0.765. The van der Waals surface area contributed by atoms with Gasteiger partial charge < -0.3 is 14.9 Å². The van der Waals surface area contributed by atoms with Gasteiger partial charge in [-0.1, -0.05) is 6.92 Å². The molecule has 0 aromatic carbocycles. The summed E-state index contributed by atoms with van der Waals surface area (Å²) in [5, 5.41) is 0. The van der Waals surface area contributed by atoms with Gasteiger partial charge in [-0.25, -0.2) is 0 Å². The van der Waals surface area contributed by atoms with Gasteiger partial charge in [0.05, 0.1) is 6.04 Å². The van der Waals surface area contributed by atoms with Crippen LogP contribution < -0.4 is 5.73 Å². The third kappa shape index (κ3) is 3.50. The SMILES string of the molecule is CC1CC1c1ccc(C(CN)N(C)CC2CCOCC2)o1. The molecule has 2 fully saturated rings. The first kappa shape index (κ1) is 15.1. The average molecular weight is 292 g/mol. The highest BCUT2D eigenvalue weighted by Gasteiger charge is 2.37. The zero-order valence-corrected chi connectivity index (χ0v) is 13.3. The van der Waals surface area contributed by atoms with Crippen LogP contribution >= 0.6 is 0 Å². The van der Waals surface area contributed by atoms with Gasteiger partial charge in [-0.2, -0.15) is 0 Å². The topological polar surface area (TPSA) is 51.6 Å². The van der Waals surface area contributed by atoms with Crippen molar-refractivity contribution in [3.63, 3.8) is 0 Å². The molecule has 1 aromatic heterocycles. The first-order chi connectivity index (χ1) is 10.2. The van der Waals surface area contributed by atoms with Gasteiger partial charge in [-0.05, 0) is 50.3 Å². The molecule has 21 heavy (non-hydrogen) atoms. The molecule has 0 bridgehead atoms. The number of hydrogen-bond donors (Lipinski definition) is 1. The number of hydrogen-bond acceptors (Lipinski definition) is 4. The lowest BCUT2D eigenvalue weighted by Gasteiger charge is -2.31. The van der Waals surface area contributed by atoms with E-state index in [-0.39, 0.29) is 6.04 Å². The molecular formula is C17H28N2O2. The van der Waals surface area contributed by atoms with Crippen molar-refractivity contribution in [1.29, 1.82) is 0 Å². The Bertz CT molecular complexity index is 453. The van der Waals surface area contributed by atoms with Crippen LogP contribution in [0, 0.1) is 11.8 Å². The normalized spacial score (nSPS) is 28.0. The Hall–Kier alpha value is -0.840. The van der Waals surface area contributed by atoms with E-state index in [2.05, 4.69) is 31.0 Å². The molecule has 0 radical (unpaired) electrons. The summed E-state index contributed by atoms with van der Waals surface area (Å²) in [7, 11) is 2.16. The van der Waals surface area contributed by atoms with Gasteiger partial charge in [0.25, 0.3) is 0 Å². The largest absolute Gasteiger partial charge is 0.464 e. The lowest BCUT2D eigenvalue weighted by Crippen LogP contribution is -2.35. The zero-order valence-electron chi connectivity index (χ0n) is 13.3. The third-order valence-electron chi connectivity index (χ3n) is 5.09. The summed E-state index contributed by atoms with van der Waals surface area (Å²) in [5.74, 6) is 4.31. The highest BCUT2D eigenvalue weighted by molar-refractivity contribution is 5.19. The second-order valence-corrected chi connectivity index (χ2v) is 6.81. The molecule has 3 unspecified atom stereocenters. The van der Waals surface area contributed by atoms with Crippen molar-refractivity contribution in [2.45, 2.75) is 38.1 Å². The molecule has 1 saturated carbocycles. The average Bonchev–Trinajstić information content (AvgIpc) is 3.02. The molecule has 4 nitrogen and oxygen atoms in total. The molecule has 0 spiro atoms. The lowest BCUT2D eigenvalue weighted by molar-refractivity contribution is 0.0492. The van der Waals surface area contributed by atoms with Crippen molar-refractivity contribution in [2.24, 2.45) is 17.6 Å². The first-order valence-electron chi connectivity index (χ1n) is 8.26. The van der Waals surface area contributed by atoms with Crippen molar-refractivity contribution in [1.82, 2.24) is 4.90 Å².